The van der Waals surface area contributed by atoms with Crippen molar-refractivity contribution in [2.45, 2.75) is 31.1 Å². The van der Waals surface area contributed by atoms with E-state index in [4.69, 9.17) is 27.9 Å². The molecular formula is C23H23Cl2N3O2S2. The summed E-state index contributed by atoms with van der Waals surface area (Å²) in [5.41, 5.74) is 2.69. The molecule has 0 bridgehead atoms. The standard InChI is InChI=1S/C23H23Cl2N3O2S2/c1-14-22(31-23(26-14)27-21(29)12-15-8-10-30-11-9-15)16-6-7-18(25)20(13-16)32-28-19-5-3-2-4-17(19)24/h2-7,13,15,28H,8-12H2,1H3,(H,26,27,29). The van der Waals surface area contributed by atoms with E-state index in [1.54, 1.807) is 0 Å². The molecule has 168 valence electrons. The Morgan fingerprint density at radius 2 is 1.97 bits per heavy atom. The van der Waals surface area contributed by atoms with E-state index in [2.05, 4.69) is 15.0 Å². The quantitative estimate of drug-likeness (QED) is 0.328. The highest BCUT2D eigenvalue weighted by Crippen LogP contribution is 2.38. The second-order valence-electron chi connectivity index (χ2n) is 7.57. The van der Waals surface area contributed by atoms with Crippen LogP contribution >= 0.6 is 46.5 Å². The van der Waals surface area contributed by atoms with Crippen LogP contribution in [0.15, 0.2) is 47.4 Å². The molecule has 5 nitrogen and oxygen atoms in total. The Hall–Kier alpha value is -1.77. The van der Waals surface area contributed by atoms with E-state index in [0.717, 1.165) is 52.8 Å². The molecule has 2 heterocycles. The lowest BCUT2D eigenvalue weighted by molar-refractivity contribution is -0.117. The summed E-state index contributed by atoms with van der Waals surface area (Å²) in [4.78, 5) is 18.9. The Morgan fingerprint density at radius 1 is 1.19 bits per heavy atom. The Kier molecular flexibility index (Phi) is 7.97. The van der Waals surface area contributed by atoms with Crippen molar-refractivity contribution in [1.82, 2.24) is 4.98 Å². The van der Waals surface area contributed by atoms with Gasteiger partial charge in [-0.2, -0.15) is 0 Å². The molecule has 1 aromatic heterocycles. The van der Waals surface area contributed by atoms with Crippen molar-refractivity contribution in [2.24, 2.45) is 5.92 Å². The van der Waals surface area contributed by atoms with Crippen LogP contribution in [0.5, 0.6) is 0 Å². The molecular weight excluding hydrogens is 485 g/mol. The molecule has 4 rings (SSSR count). The lowest BCUT2D eigenvalue weighted by Gasteiger charge is -2.20. The number of amides is 1. The zero-order valence-electron chi connectivity index (χ0n) is 17.5. The van der Waals surface area contributed by atoms with E-state index in [1.807, 2.05) is 49.4 Å². The number of hydrogen-bond donors (Lipinski definition) is 2. The summed E-state index contributed by atoms with van der Waals surface area (Å²) >= 11 is 15.5. The number of carbonyl (C=O) groups excluding carboxylic acids is 1. The third kappa shape index (κ3) is 5.97. The molecule has 1 aliphatic heterocycles. The minimum absolute atomic E-state index is 0.00786. The molecule has 2 aromatic carbocycles. The molecule has 1 fully saturated rings. The third-order valence-electron chi connectivity index (χ3n) is 5.20. The summed E-state index contributed by atoms with van der Waals surface area (Å²) in [7, 11) is 0. The molecule has 1 amide bonds. The van der Waals surface area contributed by atoms with Crippen LogP contribution in [-0.2, 0) is 9.53 Å². The number of aromatic nitrogens is 1. The summed E-state index contributed by atoms with van der Waals surface area (Å²) in [6, 6.07) is 13.4. The topological polar surface area (TPSA) is 63.2 Å². The maximum absolute atomic E-state index is 12.5. The number of rotatable bonds is 7. The predicted molar refractivity (Wildman–Crippen MR) is 135 cm³/mol. The highest BCUT2D eigenvalue weighted by atomic mass is 35.5. The fraction of sp³-hybridized carbons (Fsp3) is 0.304. The van der Waals surface area contributed by atoms with E-state index in [0.29, 0.717) is 27.5 Å². The number of nitrogens with one attached hydrogen (secondary N) is 2. The van der Waals surface area contributed by atoms with Crippen molar-refractivity contribution in [3.05, 3.63) is 58.2 Å². The van der Waals surface area contributed by atoms with Crippen LogP contribution in [0.1, 0.15) is 25.0 Å². The van der Waals surface area contributed by atoms with Gasteiger partial charge < -0.3 is 14.8 Å². The number of ether oxygens (including phenoxy) is 1. The summed E-state index contributed by atoms with van der Waals surface area (Å²) in [6.45, 7) is 3.42. The fourth-order valence-corrected chi connectivity index (χ4v) is 5.68. The molecule has 1 saturated heterocycles. The highest BCUT2D eigenvalue weighted by Gasteiger charge is 2.19. The van der Waals surface area contributed by atoms with Gasteiger partial charge in [0.15, 0.2) is 5.13 Å². The average Bonchev–Trinajstić information content (AvgIpc) is 3.14. The largest absolute Gasteiger partial charge is 0.381 e. The molecule has 1 aliphatic rings. The first-order valence-corrected chi connectivity index (χ1v) is 12.7. The number of halogens is 2. The van der Waals surface area contributed by atoms with Crippen molar-refractivity contribution in [3.63, 3.8) is 0 Å². The minimum Gasteiger partial charge on any atom is -0.381 e. The van der Waals surface area contributed by atoms with Gasteiger partial charge in [-0.1, -0.05) is 52.7 Å². The summed E-state index contributed by atoms with van der Waals surface area (Å²) in [5.74, 6) is 0.388. The van der Waals surface area contributed by atoms with Crippen LogP contribution in [-0.4, -0.2) is 24.1 Å². The number of carbonyl (C=O) groups is 1. The first-order valence-electron chi connectivity index (χ1n) is 10.3. The van der Waals surface area contributed by atoms with Crippen molar-refractivity contribution in [2.75, 3.05) is 23.3 Å². The van der Waals surface area contributed by atoms with Crippen LogP contribution in [0.25, 0.3) is 10.4 Å². The van der Waals surface area contributed by atoms with Crippen molar-refractivity contribution >= 4 is 63.2 Å². The van der Waals surface area contributed by atoms with Crippen molar-refractivity contribution in [1.29, 1.82) is 0 Å². The maximum Gasteiger partial charge on any atom is 0.226 e. The van der Waals surface area contributed by atoms with E-state index in [1.165, 1.54) is 23.3 Å². The van der Waals surface area contributed by atoms with E-state index < -0.39 is 0 Å². The molecule has 32 heavy (non-hydrogen) atoms. The van der Waals surface area contributed by atoms with Gasteiger partial charge in [0.1, 0.15) is 0 Å². The highest BCUT2D eigenvalue weighted by molar-refractivity contribution is 8.00. The van der Waals surface area contributed by atoms with Gasteiger partial charge in [-0.25, -0.2) is 4.98 Å². The molecule has 2 N–H and O–H groups in total. The van der Waals surface area contributed by atoms with E-state index in [-0.39, 0.29) is 5.91 Å². The molecule has 0 unspecified atom stereocenters. The van der Waals surface area contributed by atoms with E-state index >= 15 is 0 Å². The van der Waals surface area contributed by atoms with Gasteiger partial charge in [-0.3, -0.25) is 4.79 Å². The van der Waals surface area contributed by atoms with Crippen LogP contribution in [0.3, 0.4) is 0 Å². The van der Waals surface area contributed by atoms with Crippen LogP contribution < -0.4 is 10.0 Å². The monoisotopic (exact) mass is 507 g/mol. The van der Waals surface area contributed by atoms with Gasteiger partial charge >= 0.3 is 0 Å². The smallest absolute Gasteiger partial charge is 0.226 e. The first-order chi connectivity index (χ1) is 15.5. The van der Waals surface area contributed by atoms with Gasteiger partial charge in [-0.05, 0) is 67.5 Å². The molecule has 0 saturated carbocycles. The van der Waals surface area contributed by atoms with Gasteiger partial charge in [-0.15, -0.1) is 0 Å². The lowest BCUT2D eigenvalue weighted by atomic mass is 9.96. The Balaban J connectivity index is 1.45. The van der Waals surface area contributed by atoms with Crippen LogP contribution in [0.2, 0.25) is 10.0 Å². The first kappa shape index (κ1) is 23.4. The molecule has 3 aromatic rings. The van der Waals surface area contributed by atoms with E-state index in [9.17, 15) is 4.79 Å². The van der Waals surface area contributed by atoms with Gasteiger partial charge in [0, 0.05) is 24.5 Å². The summed E-state index contributed by atoms with van der Waals surface area (Å²) in [6.07, 6.45) is 2.37. The molecule has 0 aliphatic carbocycles. The Bertz CT molecular complexity index is 1100. The number of nitrogens with zero attached hydrogens (tertiary/aromatic N) is 1. The number of benzene rings is 2. The molecule has 9 heteroatoms. The van der Waals surface area contributed by atoms with Crippen molar-refractivity contribution in [3.8, 4) is 10.4 Å². The lowest BCUT2D eigenvalue weighted by Crippen LogP contribution is -2.22. The number of hydrogen-bond acceptors (Lipinski definition) is 6. The maximum atomic E-state index is 12.5. The zero-order chi connectivity index (χ0) is 22.5. The second kappa shape index (κ2) is 10.9. The molecule has 0 atom stereocenters. The van der Waals surface area contributed by atoms with Crippen LogP contribution in [0.4, 0.5) is 10.8 Å². The Labute approximate surface area is 206 Å². The normalized spacial score (nSPS) is 14.3. The Morgan fingerprint density at radius 3 is 2.75 bits per heavy atom. The SMILES string of the molecule is Cc1nc(NC(=O)CC2CCOCC2)sc1-c1ccc(Cl)c(SNc2ccccc2Cl)c1. The zero-order valence-corrected chi connectivity index (χ0v) is 20.6. The number of anilines is 2. The van der Waals surface area contributed by atoms with Crippen molar-refractivity contribution < 1.29 is 9.53 Å². The second-order valence-corrected chi connectivity index (χ2v) is 10.2. The van der Waals surface area contributed by atoms with Crippen LogP contribution in [0, 0.1) is 12.8 Å². The minimum atomic E-state index is 0.00786. The summed E-state index contributed by atoms with van der Waals surface area (Å²) in [5, 5.41) is 4.88. The predicted octanol–water partition coefficient (Wildman–Crippen LogP) is 7.30. The fourth-order valence-electron chi connectivity index (χ4n) is 3.48. The number of para-hydroxylation sites is 1. The molecule has 0 radical (unpaired) electrons. The summed E-state index contributed by atoms with van der Waals surface area (Å²) < 4.78 is 8.63. The van der Waals surface area contributed by atoms with Gasteiger partial charge in [0.2, 0.25) is 5.91 Å². The third-order valence-corrected chi connectivity index (χ3v) is 7.97. The number of aryl methyl sites for hydroxylation is 1. The average molecular weight is 508 g/mol. The molecule has 0 spiro atoms. The number of thiazole rings is 1. The van der Waals surface area contributed by atoms with Gasteiger partial charge in [0.05, 0.1) is 26.3 Å². The van der Waals surface area contributed by atoms with Gasteiger partial charge in [0.25, 0.3) is 0 Å².